The van der Waals surface area contributed by atoms with E-state index in [2.05, 4.69) is 10.2 Å². The third kappa shape index (κ3) is 4.40. The third-order valence-electron chi connectivity index (χ3n) is 3.71. The Balaban J connectivity index is 1.42. The first-order chi connectivity index (χ1) is 7.95. The van der Waals surface area contributed by atoms with Crippen LogP contribution >= 0.6 is 0 Å². The monoisotopic (exact) mass is 226 g/mol. The summed E-state index contributed by atoms with van der Waals surface area (Å²) in [6, 6.07) is 0. The van der Waals surface area contributed by atoms with E-state index in [1.165, 1.54) is 58.3 Å². The quantitative estimate of drug-likeness (QED) is 0.695. The van der Waals surface area contributed by atoms with Crippen LogP contribution in [0.2, 0.25) is 0 Å². The first-order valence-electron chi connectivity index (χ1n) is 6.96. The predicted molar refractivity (Wildman–Crippen MR) is 66.7 cm³/mol. The maximum Gasteiger partial charge on any atom is 0.0506 e. The molecule has 0 aromatic carbocycles. The molecule has 2 aliphatic rings. The van der Waals surface area contributed by atoms with Crippen molar-refractivity contribution in [3.63, 3.8) is 0 Å². The van der Waals surface area contributed by atoms with Gasteiger partial charge in [-0.1, -0.05) is 0 Å². The van der Waals surface area contributed by atoms with Crippen molar-refractivity contribution in [3.8, 4) is 0 Å². The van der Waals surface area contributed by atoms with Gasteiger partial charge in [0, 0.05) is 13.2 Å². The summed E-state index contributed by atoms with van der Waals surface area (Å²) in [5.41, 5.74) is 0. The van der Waals surface area contributed by atoms with Crippen molar-refractivity contribution in [3.05, 3.63) is 0 Å². The van der Waals surface area contributed by atoms with Gasteiger partial charge in [0.25, 0.3) is 0 Å². The molecule has 2 aliphatic heterocycles. The van der Waals surface area contributed by atoms with Crippen LogP contribution in [0.5, 0.6) is 0 Å². The highest BCUT2D eigenvalue weighted by Crippen LogP contribution is 2.12. The molecule has 16 heavy (non-hydrogen) atoms. The summed E-state index contributed by atoms with van der Waals surface area (Å²) in [7, 11) is 0. The van der Waals surface area contributed by atoms with Gasteiger partial charge in [0.2, 0.25) is 0 Å². The summed E-state index contributed by atoms with van der Waals surface area (Å²) in [4.78, 5) is 2.59. The highest BCUT2D eigenvalue weighted by molar-refractivity contribution is 4.68. The van der Waals surface area contributed by atoms with Crippen molar-refractivity contribution in [1.82, 2.24) is 10.2 Å². The average Bonchev–Trinajstić information content (AvgIpc) is 2.83. The topological polar surface area (TPSA) is 24.5 Å². The highest BCUT2D eigenvalue weighted by atomic mass is 16.5. The van der Waals surface area contributed by atoms with E-state index in [4.69, 9.17) is 4.74 Å². The fraction of sp³-hybridized carbons (Fsp3) is 1.00. The van der Waals surface area contributed by atoms with Crippen molar-refractivity contribution in [1.29, 1.82) is 0 Å². The number of ether oxygens (including phenoxy) is 1. The van der Waals surface area contributed by atoms with Gasteiger partial charge in [-0.2, -0.15) is 0 Å². The summed E-state index contributed by atoms with van der Waals surface area (Å²) >= 11 is 0. The fourth-order valence-corrected chi connectivity index (χ4v) is 2.71. The molecular formula is C13H26N2O. The highest BCUT2D eigenvalue weighted by Gasteiger charge is 2.13. The molecule has 2 saturated heterocycles. The summed E-state index contributed by atoms with van der Waals surface area (Å²) in [5, 5.41) is 3.57. The summed E-state index contributed by atoms with van der Waals surface area (Å²) in [6.45, 7) is 8.22. The molecule has 0 aromatic heterocycles. The van der Waals surface area contributed by atoms with Crippen molar-refractivity contribution in [2.45, 2.75) is 32.1 Å². The fourth-order valence-electron chi connectivity index (χ4n) is 2.71. The Kier molecular flexibility index (Phi) is 5.59. The Hall–Kier alpha value is -0.120. The van der Waals surface area contributed by atoms with Gasteiger partial charge in [-0.3, -0.25) is 0 Å². The van der Waals surface area contributed by atoms with Crippen molar-refractivity contribution < 1.29 is 4.74 Å². The summed E-state index contributed by atoms with van der Waals surface area (Å²) in [6.07, 6.45) is 6.71. The number of hydrogen-bond acceptors (Lipinski definition) is 3. The van der Waals surface area contributed by atoms with Crippen LogP contribution in [0.25, 0.3) is 0 Å². The average molecular weight is 226 g/mol. The Bertz CT molecular complexity index is 175. The Morgan fingerprint density at radius 3 is 2.81 bits per heavy atom. The van der Waals surface area contributed by atoms with E-state index >= 15 is 0 Å². The van der Waals surface area contributed by atoms with Crippen molar-refractivity contribution in [2.75, 3.05) is 45.9 Å². The lowest BCUT2D eigenvalue weighted by Gasteiger charge is -2.22. The number of hydrogen-bond donors (Lipinski definition) is 1. The van der Waals surface area contributed by atoms with Gasteiger partial charge in [-0.25, -0.2) is 0 Å². The van der Waals surface area contributed by atoms with Crippen LogP contribution in [0.15, 0.2) is 0 Å². The van der Waals surface area contributed by atoms with Crippen molar-refractivity contribution >= 4 is 0 Å². The Labute approximate surface area is 99.5 Å². The number of likely N-dealkylation sites (tertiary alicyclic amines) is 1. The minimum absolute atomic E-state index is 0.764. The smallest absolute Gasteiger partial charge is 0.0506 e. The van der Waals surface area contributed by atoms with Crippen LogP contribution in [0.3, 0.4) is 0 Å². The molecule has 1 N–H and O–H groups in total. The molecule has 0 amide bonds. The van der Waals surface area contributed by atoms with Gasteiger partial charge < -0.3 is 15.0 Å². The minimum Gasteiger partial charge on any atom is -0.381 e. The number of nitrogens with zero attached hydrogens (tertiary/aromatic N) is 1. The molecule has 3 heteroatoms. The molecule has 3 nitrogen and oxygen atoms in total. The molecule has 0 bridgehead atoms. The van der Waals surface area contributed by atoms with Gasteiger partial charge >= 0.3 is 0 Å². The second kappa shape index (κ2) is 7.25. The van der Waals surface area contributed by atoms with Crippen molar-refractivity contribution in [2.24, 2.45) is 5.92 Å². The molecule has 1 unspecified atom stereocenters. The first-order valence-corrected chi connectivity index (χ1v) is 6.96. The van der Waals surface area contributed by atoms with E-state index in [9.17, 15) is 0 Å². The Morgan fingerprint density at radius 1 is 1.19 bits per heavy atom. The lowest BCUT2D eigenvalue weighted by molar-refractivity contribution is 0.0548. The van der Waals surface area contributed by atoms with Crippen LogP contribution in [-0.2, 0) is 4.74 Å². The van der Waals surface area contributed by atoms with Gasteiger partial charge in [-0.05, 0) is 64.2 Å². The molecule has 2 heterocycles. The van der Waals surface area contributed by atoms with E-state index in [0.717, 1.165) is 25.7 Å². The first kappa shape index (κ1) is 12.3. The number of rotatable bonds is 6. The van der Waals surface area contributed by atoms with Gasteiger partial charge in [0.05, 0.1) is 6.61 Å². The normalized spacial score (nSPS) is 27.4. The predicted octanol–water partition coefficient (Wildman–Crippen LogP) is 1.49. The minimum atomic E-state index is 0.764. The molecule has 0 saturated carbocycles. The molecule has 0 radical (unpaired) electrons. The largest absolute Gasteiger partial charge is 0.381 e. The lowest BCUT2D eigenvalue weighted by Crippen LogP contribution is -2.31. The molecule has 2 fully saturated rings. The van der Waals surface area contributed by atoms with Crippen LogP contribution in [0.4, 0.5) is 0 Å². The molecule has 94 valence electrons. The van der Waals surface area contributed by atoms with Crippen LogP contribution < -0.4 is 5.32 Å². The van der Waals surface area contributed by atoms with E-state index < -0.39 is 0 Å². The van der Waals surface area contributed by atoms with Gasteiger partial charge in [0.15, 0.2) is 0 Å². The number of nitrogens with one attached hydrogen (secondary N) is 1. The SMILES string of the molecule is C1COCC(CNCCCN2CCCC2)C1. The summed E-state index contributed by atoms with van der Waals surface area (Å²) in [5.74, 6) is 0.764. The second-order valence-electron chi connectivity index (χ2n) is 5.19. The second-order valence-corrected chi connectivity index (χ2v) is 5.19. The molecule has 1 atom stereocenters. The van der Waals surface area contributed by atoms with E-state index in [1.54, 1.807) is 0 Å². The zero-order valence-electron chi connectivity index (χ0n) is 10.4. The zero-order chi connectivity index (χ0) is 11.1. The standard InChI is InChI=1S/C13H26N2O/c1-2-8-15(7-1)9-4-6-14-11-13-5-3-10-16-12-13/h13-14H,1-12H2. The molecule has 0 spiro atoms. The molecule has 2 rings (SSSR count). The van der Waals surface area contributed by atoms with E-state index in [-0.39, 0.29) is 0 Å². The van der Waals surface area contributed by atoms with E-state index in [1.807, 2.05) is 0 Å². The third-order valence-corrected chi connectivity index (χ3v) is 3.71. The summed E-state index contributed by atoms with van der Waals surface area (Å²) < 4.78 is 5.47. The van der Waals surface area contributed by atoms with Crippen LogP contribution in [0.1, 0.15) is 32.1 Å². The van der Waals surface area contributed by atoms with Crippen LogP contribution in [0, 0.1) is 5.92 Å². The molecule has 0 aliphatic carbocycles. The molecule has 0 aromatic rings. The van der Waals surface area contributed by atoms with Crippen LogP contribution in [-0.4, -0.2) is 50.8 Å². The van der Waals surface area contributed by atoms with E-state index in [0.29, 0.717) is 0 Å². The Morgan fingerprint density at radius 2 is 2.06 bits per heavy atom. The van der Waals surface area contributed by atoms with Gasteiger partial charge in [0.1, 0.15) is 0 Å². The maximum absolute atomic E-state index is 5.47. The zero-order valence-corrected chi connectivity index (χ0v) is 10.4. The molecular weight excluding hydrogens is 200 g/mol. The lowest BCUT2D eigenvalue weighted by atomic mass is 10.0. The van der Waals surface area contributed by atoms with Gasteiger partial charge in [-0.15, -0.1) is 0 Å². The maximum atomic E-state index is 5.47.